The Bertz CT molecular complexity index is 1250. The summed E-state index contributed by atoms with van der Waals surface area (Å²) in [7, 11) is 0. The molecule has 2 aromatic heterocycles. The molecule has 2 aromatic carbocycles. The summed E-state index contributed by atoms with van der Waals surface area (Å²) in [5, 5.41) is 5.75. The summed E-state index contributed by atoms with van der Waals surface area (Å²) in [4.78, 5) is 19.5. The van der Waals surface area contributed by atoms with Gasteiger partial charge in [0, 0.05) is 37.3 Å². The molecule has 6 heteroatoms. The Labute approximate surface area is 186 Å². The molecule has 1 amide bonds. The van der Waals surface area contributed by atoms with Crippen molar-refractivity contribution in [2.75, 3.05) is 31.1 Å². The van der Waals surface area contributed by atoms with Crippen LogP contribution in [-0.4, -0.2) is 46.8 Å². The number of nitrogens with zero attached hydrogens (tertiary/aromatic N) is 4. The van der Waals surface area contributed by atoms with Gasteiger partial charge in [0.2, 0.25) is 0 Å². The Balaban J connectivity index is 1.36. The fraction of sp³-hybridized carbons (Fsp3) is 0.280. The van der Waals surface area contributed by atoms with Crippen LogP contribution in [0.5, 0.6) is 0 Å². The van der Waals surface area contributed by atoms with E-state index in [2.05, 4.69) is 42.0 Å². The fourth-order valence-corrected chi connectivity index (χ4v) is 5.41. The number of thiophene rings is 1. The molecule has 0 N–H and O–H groups in total. The van der Waals surface area contributed by atoms with E-state index in [1.54, 1.807) is 0 Å². The Morgan fingerprint density at radius 3 is 2.42 bits per heavy atom. The molecule has 1 fully saturated rings. The highest BCUT2D eigenvalue weighted by molar-refractivity contribution is 7.20. The van der Waals surface area contributed by atoms with Gasteiger partial charge in [0.1, 0.15) is 4.83 Å². The van der Waals surface area contributed by atoms with Crippen LogP contribution in [0.4, 0.5) is 5.69 Å². The molecule has 31 heavy (non-hydrogen) atoms. The molecular weight excluding hydrogens is 404 g/mol. The quantitative estimate of drug-likeness (QED) is 0.461. The van der Waals surface area contributed by atoms with Gasteiger partial charge in [-0.1, -0.05) is 30.3 Å². The molecule has 0 saturated carbocycles. The van der Waals surface area contributed by atoms with Crippen LogP contribution in [0.1, 0.15) is 26.5 Å². The van der Waals surface area contributed by atoms with Crippen molar-refractivity contribution < 1.29 is 4.79 Å². The van der Waals surface area contributed by atoms with Gasteiger partial charge >= 0.3 is 0 Å². The zero-order valence-corrected chi connectivity index (χ0v) is 18.9. The van der Waals surface area contributed by atoms with Gasteiger partial charge < -0.3 is 9.80 Å². The van der Waals surface area contributed by atoms with Gasteiger partial charge in [-0.2, -0.15) is 5.10 Å². The summed E-state index contributed by atoms with van der Waals surface area (Å²) in [6.45, 7) is 9.49. The van der Waals surface area contributed by atoms with Gasteiger partial charge in [-0.05, 0) is 56.2 Å². The SMILES string of the molecule is Cc1ccc(C)c(N2CCN(C(=O)c3cc4c(C)nn(-c5ccccc5)c4s3)CC2)c1. The van der Waals surface area contributed by atoms with E-state index < -0.39 is 0 Å². The zero-order valence-electron chi connectivity index (χ0n) is 18.1. The summed E-state index contributed by atoms with van der Waals surface area (Å²) in [6, 6.07) is 18.7. The molecule has 0 bridgehead atoms. The molecule has 3 heterocycles. The lowest BCUT2D eigenvalue weighted by Gasteiger charge is -2.36. The second-order valence-corrected chi connectivity index (χ2v) is 9.26. The molecule has 5 rings (SSSR count). The second-order valence-electron chi connectivity index (χ2n) is 8.23. The lowest BCUT2D eigenvalue weighted by atomic mass is 10.1. The van der Waals surface area contributed by atoms with Gasteiger partial charge in [-0.3, -0.25) is 4.79 Å². The third-order valence-electron chi connectivity index (χ3n) is 6.03. The van der Waals surface area contributed by atoms with Crippen molar-refractivity contribution >= 4 is 33.1 Å². The minimum Gasteiger partial charge on any atom is -0.368 e. The van der Waals surface area contributed by atoms with Crippen molar-refractivity contribution in [3.05, 3.63) is 76.3 Å². The predicted molar refractivity (Wildman–Crippen MR) is 128 cm³/mol. The van der Waals surface area contributed by atoms with Crippen LogP contribution in [0, 0.1) is 20.8 Å². The van der Waals surface area contributed by atoms with Crippen LogP contribution < -0.4 is 4.90 Å². The number of carbonyl (C=O) groups is 1. The minimum absolute atomic E-state index is 0.126. The number of amides is 1. The summed E-state index contributed by atoms with van der Waals surface area (Å²) < 4.78 is 1.95. The standard InChI is InChI=1S/C25H26N4OS/c1-17-9-10-18(2)22(15-17)27-11-13-28(14-12-27)24(30)23-16-21-19(3)26-29(25(21)31-23)20-7-5-4-6-8-20/h4-10,15-16H,11-14H2,1-3H3. The normalized spacial score (nSPS) is 14.4. The second kappa shape index (κ2) is 7.85. The first kappa shape index (κ1) is 19.8. The number of hydrogen-bond donors (Lipinski definition) is 0. The Morgan fingerprint density at radius 2 is 1.68 bits per heavy atom. The van der Waals surface area contributed by atoms with E-state index in [1.807, 2.05) is 52.9 Å². The first-order valence-electron chi connectivity index (χ1n) is 10.7. The van der Waals surface area contributed by atoms with Crippen molar-refractivity contribution in [3.8, 4) is 5.69 Å². The van der Waals surface area contributed by atoms with E-state index >= 15 is 0 Å². The average molecular weight is 431 g/mol. The monoisotopic (exact) mass is 430 g/mol. The molecule has 158 valence electrons. The van der Waals surface area contributed by atoms with E-state index in [0.29, 0.717) is 0 Å². The van der Waals surface area contributed by atoms with Crippen molar-refractivity contribution in [1.29, 1.82) is 0 Å². The van der Waals surface area contributed by atoms with E-state index in [4.69, 9.17) is 0 Å². The van der Waals surface area contributed by atoms with Gasteiger partial charge in [0.15, 0.2) is 0 Å². The molecule has 4 aromatic rings. The lowest BCUT2D eigenvalue weighted by Crippen LogP contribution is -2.48. The third-order valence-corrected chi connectivity index (χ3v) is 7.13. The molecule has 5 nitrogen and oxygen atoms in total. The predicted octanol–water partition coefficient (Wildman–Crippen LogP) is 4.97. The van der Waals surface area contributed by atoms with Gasteiger partial charge in [0.25, 0.3) is 5.91 Å². The summed E-state index contributed by atoms with van der Waals surface area (Å²) >= 11 is 1.54. The average Bonchev–Trinajstić information content (AvgIpc) is 3.36. The number of benzene rings is 2. The Hall–Kier alpha value is -3.12. The molecule has 1 saturated heterocycles. The van der Waals surface area contributed by atoms with Crippen molar-refractivity contribution in [2.45, 2.75) is 20.8 Å². The van der Waals surface area contributed by atoms with Crippen LogP contribution in [0.15, 0.2) is 54.6 Å². The Kier molecular flexibility index (Phi) is 5.02. The maximum absolute atomic E-state index is 13.3. The van der Waals surface area contributed by atoms with Crippen molar-refractivity contribution in [2.24, 2.45) is 0 Å². The number of carbonyl (C=O) groups excluding carboxylic acids is 1. The van der Waals surface area contributed by atoms with E-state index in [0.717, 1.165) is 52.7 Å². The first-order valence-corrected chi connectivity index (χ1v) is 11.5. The molecule has 0 spiro atoms. The van der Waals surface area contributed by atoms with Gasteiger partial charge in [-0.25, -0.2) is 4.68 Å². The van der Waals surface area contributed by atoms with E-state index in [9.17, 15) is 4.79 Å². The Morgan fingerprint density at radius 1 is 0.935 bits per heavy atom. The maximum atomic E-state index is 13.3. The number of aromatic nitrogens is 2. The van der Waals surface area contributed by atoms with Crippen LogP contribution in [0.2, 0.25) is 0 Å². The molecule has 0 radical (unpaired) electrons. The molecular formula is C25H26N4OS. The van der Waals surface area contributed by atoms with Gasteiger partial charge in [0.05, 0.1) is 16.3 Å². The number of rotatable bonds is 3. The number of hydrogen-bond acceptors (Lipinski definition) is 4. The van der Waals surface area contributed by atoms with E-state index in [-0.39, 0.29) is 5.91 Å². The van der Waals surface area contributed by atoms with Crippen molar-refractivity contribution in [3.63, 3.8) is 0 Å². The minimum atomic E-state index is 0.126. The highest BCUT2D eigenvalue weighted by atomic mass is 32.1. The highest BCUT2D eigenvalue weighted by Gasteiger charge is 2.25. The maximum Gasteiger partial charge on any atom is 0.264 e. The van der Waals surface area contributed by atoms with Crippen LogP contribution >= 0.6 is 11.3 Å². The van der Waals surface area contributed by atoms with Crippen LogP contribution in [0.25, 0.3) is 15.9 Å². The largest absolute Gasteiger partial charge is 0.368 e. The molecule has 0 unspecified atom stereocenters. The number of fused-ring (bicyclic) bond motifs is 1. The summed E-state index contributed by atoms with van der Waals surface area (Å²) in [5.41, 5.74) is 5.81. The number of piperazine rings is 1. The molecule has 1 aliphatic heterocycles. The van der Waals surface area contributed by atoms with Crippen molar-refractivity contribution in [1.82, 2.24) is 14.7 Å². The molecule has 0 aliphatic carbocycles. The summed E-state index contributed by atoms with van der Waals surface area (Å²) in [6.07, 6.45) is 0. The highest BCUT2D eigenvalue weighted by Crippen LogP contribution is 2.31. The van der Waals surface area contributed by atoms with Crippen LogP contribution in [-0.2, 0) is 0 Å². The number of anilines is 1. The fourth-order valence-electron chi connectivity index (χ4n) is 4.26. The molecule has 1 aliphatic rings. The lowest BCUT2D eigenvalue weighted by molar-refractivity contribution is 0.0751. The smallest absolute Gasteiger partial charge is 0.264 e. The topological polar surface area (TPSA) is 41.4 Å². The third kappa shape index (κ3) is 3.61. The first-order chi connectivity index (χ1) is 15.0. The summed E-state index contributed by atoms with van der Waals surface area (Å²) in [5.74, 6) is 0.126. The molecule has 0 atom stereocenters. The zero-order chi connectivity index (χ0) is 21.5. The number of para-hydroxylation sites is 1. The van der Waals surface area contributed by atoms with E-state index in [1.165, 1.54) is 28.2 Å². The van der Waals surface area contributed by atoms with Crippen LogP contribution in [0.3, 0.4) is 0 Å². The number of aryl methyl sites for hydroxylation is 3. The van der Waals surface area contributed by atoms with Gasteiger partial charge in [-0.15, -0.1) is 11.3 Å².